The maximum Gasteiger partial charge on any atom is 0.255 e. The molecule has 1 heterocycles. The summed E-state index contributed by atoms with van der Waals surface area (Å²) in [5, 5.41) is 11.0. The van der Waals surface area contributed by atoms with Gasteiger partial charge in [0.2, 0.25) is 0 Å². The molecule has 100 valence electrons. The summed E-state index contributed by atoms with van der Waals surface area (Å²) in [6.45, 7) is 1.86. The Morgan fingerprint density at radius 3 is 2.50 bits per heavy atom. The highest BCUT2D eigenvalue weighted by atomic mass is 16.3. The van der Waals surface area contributed by atoms with Crippen LogP contribution in [0.5, 0.6) is 5.75 Å². The molecule has 0 spiro atoms. The van der Waals surface area contributed by atoms with Gasteiger partial charge < -0.3 is 10.1 Å². The number of aromatic hydroxyl groups is 1. The minimum absolute atomic E-state index is 0.0871. The Balaban J connectivity index is 2.39. The summed E-state index contributed by atoms with van der Waals surface area (Å²) in [6.07, 6.45) is 0.507. The van der Waals surface area contributed by atoms with E-state index in [9.17, 15) is 9.90 Å². The van der Waals surface area contributed by atoms with Crippen molar-refractivity contribution in [1.29, 1.82) is 0 Å². The molecule has 3 aromatic rings. The molecule has 0 fully saturated rings. The minimum atomic E-state index is -0.221. The van der Waals surface area contributed by atoms with E-state index in [1.807, 2.05) is 55.5 Å². The smallest absolute Gasteiger partial charge is 0.255 e. The molecule has 2 aromatic carbocycles. The van der Waals surface area contributed by atoms with Gasteiger partial charge in [-0.15, -0.1) is 0 Å². The molecular weight excluding hydrogens is 250 g/mol. The molecule has 3 nitrogen and oxygen atoms in total. The predicted octanol–water partition coefficient (Wildman–Crippen LogP) is 3.46. The quantitative estimate of drug-likeness (QED) is 0.745. The third kappa shape index (κ3) is 1.88. The normalized spacial score (nSPS) is 10.8. The van der Waals surface area contributed by atoms with Gasteiger partial charge in [0.05, 0.1) is 11.1 Å². The highest BCUT2D eigenvalue weighted by Gasteiger charge is 2.12. The average molecular weight is 265 g/mol. The fourth-order valence-electron chi connectivity index (χ4n) is 2.53. The SMILES string of the molecule is CCc1c(O)c2cccc(-c3ccccc3)c2[nH]c1=O. The topological polar surface area (TPSA) is 53.1 Å². The second-order valence-corrected chi connectivity index (χ2v) is 4.73. The van der Waals surface area contributed by atoms with E-state index < -0.39 is 0 Å². The third-order valence-electron chi connectivity index (χ3n) is 3.56. The van der Waals surface area contributed by atoms with Gasteiger partial charge in [-0.05, 0) is 18.1 Å². The van der Waals surface area contributed by atoms with Gasteiger partial charge in [0.15, 0.2) is 0 Å². The van der Waals surface area contributed by atoms with Crippen LogP contribution in [0.15, 0.2) is 53.3 Å². The summed E-state index contributed by atoms with van der Waals surface area (Å²) >= 11 is 0. The number of hydrogen-bond acceptors (Lipinski definition) is 2. The molecule has 0 amide bonds. The van der Waals surface area contributed by atoms with Crippen LogP contribution in [0, 0.1) is 0 Å². The van der Waals surface area contributed by atoms with Crippen molar-refractivity contribution in [3.05, 3.63) is 64.4 Å². The van der Waals surface area contributed by atoms with Crippen molar-refractivity contribution in [2.45, 2.75) is 13.3 Å². The minimum Gasteiger partial charge on any atom is -0.507 e. The molecular formula is C17H15NO2. The predicted molar refractivity (Wildman–Crippen MR) is 81.0 cm³/mol. The van der Waals surface area contributed by atoms with E-state index in [4.69, 9.17) is 0 Å². The number of aromatic amines is 1. The molecule has 3 rings (SSSR count). The molecule has 0 radical (unpaired) electrons. The van der Waals surface area contributed by atoms with Gasteiger partial charge >= 0.3 is 0 Å². The monoisotopic (exact) mass is 265 g/mol. The Hall–Kier alpha value is -2.55. The van der Waals surface area contributed by atoms with Gasteiger partial charge in [-0.25, -0.2) is 0 Å². The fourth-order valence-corrected chi connectivity index (χ4v) is 2.53. The largest absolute Gasteiger partial charge is 0.507 e. The van der Waals surface area contributed by atoms with E-state index in [0.29, 0.717) is 22.9 Å². The van der Waals surface area contributed by atoms with Gasteiger partial charge in [0.25, 0.3) is 5.56 Å². The van der Waals surface area contributed by atoms with Gasteiger partial charge in [-0.1, -0.05) is 49.4 Å². The van der Waals surface area contributed by atoms with E-state index in [1.54, 1.807) is 0 Å². The first-order valence-corrected chi connectivity index (χ1v) is 6.64. The molecule has 2 N–H and O–H groups in total. The number of pyridine rings is 1. The molecule has 0 aliphatic heterocycles. The molecule has 1 aromatic heterocycles. The van der Waals surface area contributed by atoms with Crippen LogP contribution in [0.2, 0.25) is 0 Å². The zero-order chi connectivity index (χ0) is 14.1. The molecule has 0 unspecified atom stereocenters. The lowest BCUT2D eigenvalue weighted by Gasteiger charge is -2.10. The first-order chi connectivity index (χ1) is 9.72. The van der Waals surface area contributed by atoms with E-state index in [2.05, 4.69) is 4.98 Å². The molecule has 0 saturated heterocycles. The van der Waals surface area contributed by atoms with Crippen molar-refractivity contribution in [1.82, 2.24) is 4.98 Å². The standard InChI is InChI=1S/C17H15NO2/c1-2-12-16(19)14-10-6-9-13(15(14)18-17(12)20)11-7-4-3-5-8-11/h3-10H,2H2,1H3,(H2,18,19,20). The maximum absolute atomic E-state index is 12.1. The fraction of sp³-hybridized carbons (Fsp3) is 0.118. The number of H-pyrrole nitrogens is 1. The van der Waals surface area contributed by atoms with Crippen molar-refractivity contribution in [3.8, 4) is 16.9 Å². The molecule has 20 heavy (non-hydrogen) atoms. The highest BCUT2D eigenvalue weighted by molar-refractivity contribution is 5.97. The summed E-state index contributed by atoms with van der Waals surface area (Å²) in [5.74, 6) is 0.0871. The summed E-state index contributed by atoms with van der Waals surface area (Å²) in [7, 11) is 0. The number of benzene rings is 2. The number of fused-ring (bicyclic) bond motifs is 1. The number of hydrogen-bond donors (Lipinski definition) is 2. The lowest BCUT2D eigenvalue weighted by molar-refractivity contribution is 0.473. The second-order valence-electron chi connectivity index (χ2n) is 4.73. The summed E-state index contributed by atoms with van der Waals surface area (Å²) in [4.78, 5) is 15.0. The van der Waals surface area contributed by atoms with Crippen molar-refractivity contribution < 1.29 is 5.11 Å². The molecule has 3 heteroatoms. The first kappa shape index (κ1) is 12.5. The highest BCUT2D eigenvalue weighted by Crippen LogP contribution is 2.32. The number of rotatable bonds is 2. The molecule has 0 bridgehead atoms. The number of para-hydroxylation sites is 1. The molecule has 0 saturated carbocycles. The van der Waals surface area contributed by atoms with Gasteiger partial charge in [0, 0.05) is 10.9 Å². The van der Waals surface area contributed by atoms with E-state index >= 15 is 0 Å². The van der Waals surface area contributed by atoms with Crippen molar-refractivity contribution in [2.75, 3.05) is 0 Å². The van der Waals surface area contributed by atoms with Crippen molar-refractivity contribution >= 4 is 10.9 Å². The Morgan fingerprint density at radius 1 is 1.05 bits per heavy atom. The van der Waals surface area contributed by atoms with Crippen LogP contribution in [0.3, 0.4) is 0 Å². The van der Waals surface area contributed by atoms with E-state index in [1.165, 1.54) is 0 Å². The number of aromatic nitrogens is 1. The van der Waals surface area contributed by atoms with Crippen LogP contribution in [-0.4, -0.2) is 10.1 Å². The van der Waals surface area contributed by atoms with Crippen LogP contribution in [0.1, 0.15) is 12.5 Å². The summed E-state index contributed by atoms with van der Waals surface area (Å²) in [6, 6.07) is 15.5. The van der Waals surface area contributed by atoms with Crippen LogP contribution in [-0.2, 0) is 6.42 Å². The van der Waals surface area contributed by atoms with Crippen LogP contribution >= 0.6 is 0 Å². The van der Waals surface area contributed by atoms with Crippen LogP contribution in [0.25, 0.3) is 22.0 Å². The Kier molecular flexibility index (Phi) is 3.03. The van der Waals surface area contributed by atoms with Crippen LogP contribution in [0.4, 0.5) is 0 Å². The summed E-state index contributed by atoms with van der Waals surface area (Å²) in [5.41, 5.74) is 2.82. The Bertz CT molecular complexity index is 820. The first-order valence-electron chi connectivity index (χ1n) is 6.64. The Labute approximate surface area is 116 Å². The lowest BCUT2D eigenvalue weighted by Crippen LogP contribution is -2.12. The van der Waals surface area contributed by atoms with Crippen molar-refractivity contribution in [2.24, 2.45) is 0 Å². The van der Waals surface area contributed by atoms with E-state index in [0.717, 1.165) is 11.1 Å². The van der Waals surface area contributed by atoms with Gasteiger partial charge in [-0.3, -0.25) is 4.79 Å². The van der Waals surface area contributed by atoms with Crippen LogP contribution < -0.4 is 5.56 Å². The number of nitrogens with one attached hydrogen (secondary N) is 1. The average Bonchev–Trinajstić information content (AvgIpc) is 2.48. The summed E-state index contributed by atoms with van der Waals surface area (Å²) < 4.78 is 0. The zero-order valence-corrected chi connectivity index (χ0v) is 11.2. The zero-order valence-electron chi connectivity index (χ0n) is 11.2. The van der Waals surface area contributed by atoms with Gasteiger partial charge in [0.1, 0.15) is 5.75 Å². The van der Waals surface area contributed by atoms with Gasteiger partial charge in [-0.2, -0.15) is 0 Å². The molecule has 0 aliphatic rings. The maximum atomic E-state index is 12.1. The Morgan fingerprint density at radius 2 is 1.80 bits per heavy atom. The van der Waals surface area contributed by atoms with E-state index in [-0.39, 0.29) is 11.3 Å². The molecule has 0 atom stereocenters. The second kappa shape index (κ2) is 4.85. The van der Waals surface area contributed by atoms with Crippen molar-refractivity contribution in [3.63, 3.8) is 0 Å². The third-order valence-corrected chi connectivity index (χ3v) is 3.56. The molecule has 0 aliphatic carbocycles. The lowest BCUT2D eigenvalue weighted by atomic mass is 10.00.